The second kappa shape index (κ2) is 10.3. The van der Waals surface area contributed by atoms with Gasteiger partial charge in [0.25, 0.3) is 11.8 Å². The van der Waals surface area contributed by atoms with Crippen molar-refractivity contribution in [2.45, 2.75) is 25.8 Å². The van der Waals surface area contributed by atoms with Crippen LogP contribution in [0.1, 0.15) is 30.1 Å². The topological polar surface area (TPSA) is 67.9 Å². The Morgan fingerprint density at radius 2 is 1.77 bits per heavy atom. The Kier molecular flexibility index (Phi) is 7.52. The molecule has 2 aromatic carbocycles. The number of hydrogen-bond donors (Lipinski definition) is 1. The van der Waals surface area contributed by atoms with E-state index in [-0.39, 0.29) is 29.1 Å². The van der Waals surface area contributed by atoms with Gasteiger partial charge in [0.1, 0.15) is 5.82 Å². The first kappa shape index (κ1) is 21.9. The Morgan fingerprint density at radius 3 is 2.40 bits per heavy atom. The van der Waals surface area contributed by atoms with Gasteiger partial charge in [-0.15, -0.1) is 0 Å². The van der Waals surface area contributed by atoms with Crippen LogP contribution in [0, 0.1) is 5.82 Å². The Hall–Kier alpha value is -2.80. The number of ether oxygens (including phenoxy) is 2. The number of para-hydroxylation sites is 2. The lowest BCUT2D eigenvalue weighted by molar-refractivity contribution is -0.124. The molecule has 0 spiro atoms. The molecule has 6 nitrogen and oxygen atoms in total. The van der Waals surface area contributed by atoms with Gasteiger partial charge in [-0.2, -0.15) is 0 Å². The molecule has 1 fully saturated rings. The minimum atomic E-state index is -0.632. The highest BCUT2D eigenvalue weighted by molar-refractivity contribution is 6.33. The molecule has 1 aliphatic heterocycles. The number of halogens is 2. The largest absolute Gasteiger partial charge is 0.490 e. The van der Waals surface area contributed by atoms with Crippen molar-refractivity contribution < 1.29 is 23.5 Å². The first-order chi connectivity index (χ1) is 14.5. The van der Waals surface area contributed by atoms with Gasteiger partial charge in [-0.25, -0.2) is 4.39 Å². The average Bonchev–Trinajstić information content (AvgIpc) is 2.73. The molecule has 1 saturated heterocycles. The maximum absolute atomic E-state index is 14.0. The minimum Gasteiger partial charge on any atom is -0.490 e. The quantitative estimate of drug-likeness (QED) is 0.721. The maximum atomic E-state index is 14.0. The number of likely N-dealkylation sites (tertiary alicyclic amines) is 1. The van der Waals surface area contributed by atoms with Gasteiger partial charge in [0.05, 0.1) is 17.2 Å². The third-order valence-electron chi connectivity index (χ3n) is 4.83. The molecule has 8 heteroatoms. The molecule has 0 aromatic heterocycles. The van der Waals surface area contributed by atoms with Crippen LogP contribution in [0.2, 0.25) is 5.02 Å². The molecule has 2 amide bonds. The minimum absolute atomic E-state index is 0.0802. The number of carbonyl (C=O) groups is 2. The number of rotatable bonds is 7. The monoisotopic (exact) mass is 434 g/mol. The Balaban J connectivity index is 1.48. The van der Waals surface area contributed by atoms with Crippen LogP contribution in [0.3, 0.4) is 0 Å². The van der Waals surface area contributed by atoms with E-state index in [0.29, 0.717) is 44.0 Å². The molecule has 1 N–H and O–H groups in total. The molecule has 0 radical (unpaired) electrons. The molecule has 1 heterocycles. The number of benzene rings is 2. The van der Waals surface area contributed by atoms with Gasteiger partial charge >= 0.3 is 0 Å². The summed E-state index contributed by atoms with van der Waals surface area (Å²) >= 11 is 5.99. The molecule has 3 rings (SSSR count). The van der Waals surface area contributed by atoms with Gasteiger partial charge in [0.2, 0.25) is 0 Å². The fourth-order valence-electron chi connectivity index (χ4n) is 3.34. The van der Waals surface area contributed by atoms with Crippen LogP contribution in [0.5, 0.6) is 11.5 Å². The van der Waals surface area contributed by atoms with Gasteiger partial charge in [-0.1, -0.05) is 29.8 Å². The highest BCUT2D eigenvalue weighted by atomic mass is 35.5. The van der Waals surface area contributed by atoms with Gasteiger partial charge in [-0.05, 0) is 44.0 Å². The number of hydrogen-bond acceptors (Lipinski definition) is 4. The van der Waals surface area contributed by atoms with Crippen LogP contribution >= 0.6 is 11.6 Å². The van der Waals surface area contributed by atoms with E-state index >= 15 is 0 Å². The van der Waals surface area contributed by atoms with E-state index in [4.69, 9.17) is 21.1 Å². The van der Waals surface area contributed by atoms with Crippen molar-refractivity contribution >= 4 is 23.4 Å². The Labute approximate surface area is 179 Å². The van der Waals surface area contributed by atoms with E-state index in [9.17, 15) is 14.0 Å². The van der Waals surface area contributed by atoms with Crippen molar-refractivity contribution in [3.63, 3.8) is 0 Å². The third kappa shape index (κ3) is 5.42. The summed E-state index contributed by atoms with van der Waals surface area (Å²) in [4.78, 5) is 26.4. The molecule has 0 unspecified atom stereocenters. The van der Waals surface area contributed by atoms with Crippen molar-refractivity contribution in [1.82, 2.24) is 10.2 Å². The number of amides is 2. The van der Waals surface area contributed by atoms with Crippen LogP contribution in [-0.4, -0.2) is 49.1 Å². The lowest BCUT2D eigenvalue weighted by atomic mass is 10.0. The van der Waals surface area contributed by atoms with Crippen molar-refractivity contribution in [2.24, 2.45) is 0 Å². The number of nitrogens with one attached hydrogen (secondary N) is 1. The molecule has 30 heavy (non-hydrogen) atoms. The van der Waals surface area contributed by atoms with Crippen molar-refractivity contribution in [3.8, 4) is 11.5 Å². The summed E-state index contributed by atoms with van der Waals surface area (Å²) < 4.78 is 25.0. The highest BCUT2D eigenvalue weighted by Gasteiger charge is 2.27. The molecular weight excluding hydrogens is 411 g/mol. The molecule has 2 aromatic rings. The number of nitrogens with zero attached hydrogens (tertiary/aromatic N) is 1. The van der Waals surface area contributed by atoms with E-state index in [2.05, 4.69) is 5.32 Å². The van der Waals surface area contributed by atoms with Crippen LogP contribution < -0.4 is 14.8 Å². The molecule has 0 aliphatic carbocycles. The normalized spacial score (nSPS) is 14.3. The fourth-order valence-corrected chi connectivity index (χ4v) is 3.59. The summed E-state index contributed by atoms with van der Waals surface area (Å²) in [7, 11) is 0. The summed E-state index contributed by atoms with van der Waals surface area (Å²) in [5.74, 6) is -0.211. The Bertz CT molecular complexity index is 880. The van der Waals surface area contributed by atoms with Gasteiger partial charge in [0, 0.05) is 19.1 Å². The zero-order chi connectivity index (χ0) is 21.5. The zero-order valence-electron chi connectivity index (χ0n) is 16.7. The molecule has 1 aliphatic rings. The van der Waals surface area contributed by atoms with E-state index in [1.54, 1.807) is 17.0 Å². The van der Waals surface area contributed by atoms with Crippen LogP contribution in [0.15, 0.2) is 42.5 Å². The van der Waals surface area contributed by atoms with Crippen LogP contribution in [0.4, 0.5) is 4.39 Å². The standard InChI is InChI=1S/C22H24ClFN2O4/c1-2-29-18-8-3-4-9-19(18)30-14-20(27)25-15-10-12-26(13-11-15)22(28)21-16(23)6-5-7-17(21)24/h3-9,15H,2,10-14H2,1H3,(H,25,27). The van der Waals surface area contributed by atoms with Gasteiger partial charge in [0.15, 0.2) is 18.1 Å². The molecule has 0 bridgehead atoms. The second-order valence-electron chi connectivity index (χ2n) is 6.90. The van der Waals surface area contributed by atoms with Gasteiger partial charge < -0.3 is 19.7 Å². The highest BCUT2D eigenvalue weighted by Crippen LogP contribution is 2.26. The lowest BCUT2D eigenvalue weighted by Crippen LogP contribution is -2.47. The first-order valence-corrected chi connectivity index (χ1v) is 10.2. The SMILES string of the molecule is CCOc1ccccc1OCC(=O)NC1CCN(C(=O)c2c(F)cccc2Cl)CC1. The molecule has 0 saturated carbocycles. The average molecular weight is 435 g/mol. The van der Waals surface area contributed by atoms with Crippen molar-refractivity contribution in [1.29, 1.82) is 0 Å². The Morgan fingerprint density at radius 1 is 1.10 bits per heavy atom. The smallest absolute Gasteiger partial charge is 0.258 e. The second-order valence-corrected chi connectivity index (χ2v) is 7.31. The van der Waals surface area contributed by atoms with E-state index < -0.39 is 11.7 Å². The fraction of sp³-hybridized carbons (Fsp3) is 0.364. The summed E-state index contributed by atoms with van der Waals surface area (Å²) in [6, 6.07) is 11.3. The van der Waals surface area contributed by atoms with Gasteiger partial charge in [-0.3, -0.25) is 9.59 Å². The van der Waals surface area contributed by atoms with E-state index in [1.807, 2.05) is 19.1 Å². The summed E-state index contributed by atoms with van der Waals surface area (Å²) in [5.41, 5.74) is -0.108. The summed E-state index contributed by atoms with van der Waals surface area (Å²) in [6.07, 6.45) is 1.14. The zero-order valence-corrected chi connectivity index (χ0v) is 17.5. The molecular formula is C22H24ClFN2O4. The van der Waals surface area contributed by atoms with Crippen LogP contribution in [0.25, 0.3) is 0 Å². The predicted octanol–water partition coefficient (Wildman–Crippen LogP) is 3.68. The molecule has 0 atom stereocenters. The van der Waals surface area contributed by atoms with Crippen molar-refractivity contribution in [3.05, 3.63) is 58.9 Å². The van der Waals surface area contributed by atoms with Crippen molar-refractivity contribution in [2.75, 3.05) is 26.3 Å². The third-order valence-corrected chi connectivity index (χ3v) is 5.15. The predicted molar refractivity (Wildman–Crippen MR) is 112 cm³/mol. The molecule has 160 valence electrons. The van der Waals surface area contributed by atoms with E-state index in [0.717, 1.165) is 0 Å². The number of piperidine rings is 1. The maximum Gasteiger partial charge on any atom is 0.258 e. The lowest BCUT2D eigenvalue weighted by Gasteiger charge is -2.32. The van der Waals surface area contributed by atoms with Crippen LogP contribution in [-0.2, 0) is 4.79 Å². The number of carbonyl (C=O) groups excluding carboxylic acids is 2. The summed E-state index contributed by atoms with van der Waals surface area (Å²) in [6.45, 7) is 3.06. The van der Waals surface area contributed by atoms with E-state index in [1.165, 1.54) is 18.2 Å². The summed E-state index contributed by atoms with van der Waals surface area (Å²) in [5, 5.41) is 3.02. The first-order valence-electron chi connectivity index (χ1n) is 9.87.